The highest BCUT2D eigenvalue weighted by Crippen LogP contribution is 2.33. The number of aldehydes is 1. The Kier molecular flexibility index (Phi) is 18.3. The molecular weight excluding hydrogens is 474 g/mol. The third-order valence-corrected chi connectivity index (χ3v) is 5.70. The highest BCUT2D eigenvalue weighted by atomic mass is 16.5. The van der Waals surface area contributed by atoms with Gasteiger partial charge in [0, 0.05) is 24.7 Å². The van der Waals surface area contributed by atoms with Crippen LogP contribution < -0.4 is 21.5 Å². The molecule has 0 heterocycles. The van der Waals surface area contributed by atoms with Gasteiger partial charge >= 0.3 is 0 Å². The van der Waals surface area contributed by atoms with Crippen LogP contribution in [0.25, 0.3) is 10.8 Å². The molecule has 6 nitrogen and oxygen atoms in total. The number of rotatable bonds is 10. The van der Waals surface area contributed by atoms with Crippen LogP contribution in [0.3, 0.4) is 0 Å². The number of carbonyl (C=O) groups excluding carboxylic acids is 1. The molecule has 2 aromatic carbocycles. The largest absolute Gasteiger partial charge is 0.496 e. The van der Waals surface area contributed by atoms with E-state index in [9.17, 15) is 4.79 Å². The predicted molar refractivity (Wildman–Crippen MR) is 163 cm³/mol. The third-order valence-electron chi connectivity index (χ3n) is 5.70. The molecule has 0 bridgehead atoms. The van der Waals surface area contributed by atoms with E-state index in [0.717, 1.165) is 59.9 Å². The van der Waals surface area contributed by atoms with Crippen LogP contribution in [-0.2, 0) is 4.74 Å². The van der Waals surface area contributed by atoms with Crippen LogP contribution in [0, 0.1) is 0 Å². The van der Waals surface area contributed by atoms with Crippen LogP contribution in [0.1, 0.15) is 84.0 Å². The van der Waals surface area contributed by atoms with Crippen molar-refractivity contribution in [3.05, 3.63) is 77.4 Å². The first kappa shape index (κ1) is 34.9. The molecule has 3 rings (SSSR count). The van der Waals surface area contributed by atoms with Gasteiger partial charge in [-0.25, -0.2) is 0 Å². The molecule has 0 spiro atoms. The number of hydrogen-bond donors (Lipinski definition) is 3. The van der Waals surface area contributed by atoms with E-state index in [2.05, 4.69) is 51.7 Å². The topological polar surface area (TPSA) is 99.6 Å². The fourth-order valence-electron chi connectivity index (χ4n) is 3.16. The number of allylic oxidation sites excluding steroid dienone is 4. The summed E-state index contributed by atoms with van der Waals surface area (Å²) in [7, 11) is 3.45. The normalized spacial score (nSPS) is 14.0. The molecule has 212 valence electrons. The van der Waals surface area contributed by atoms with Gasteiger partial charge in [-0.2, -0.15) is 0 Å². The van der Waals surface area contributed by atoms with Crippen LogP contribution in [0.4, 0.5) is 0 Å². The van der Waals surface area contributed by atoms with E-state index in [1.807, 2.05) is 56.4 Å². The molecule has 0 radical (unpaired) electrons. The van der Waals surface area contributed by atoms with Crippen molar-refractivity contribution < 1.29 is 14.3 Å². The molecule has 0 unspecified atom stereocenters. The van der Waals surface area contributed by atoms with Crippen molar-refractivity contribution in [2.75, 3.05) is 20.7 Å². The van der Waals surface area contributed by atoms with E-state index >= 15 is 0 Å². The zero-order chi connectivity index (χ0) is 29.0. The van der Waals surface area contributed by atoms with E-state index in [4.69, 9.17) is 15.2 Å². The SMILES string of the molecule is C/C=C/Oc1ccc2c(C=O)cccc2c1.CC/C(=C\C(NC)=C(\C)CC)OCC1(N)CC1.CCC.CN. The quantitative estimate of drug-likeness (QED) is 0.172. The Balaban J connectivity index is 0.000000617. The molecule has 0 saturated heterocycles. The smallest absolute Gasteiger partial charge is 0.150 e. The van der Waals surface area contributed by atoms with Crippen LogP contribution in [0.2, 0.25) is 0 Å². The van der Waals surface area contributed by atoms with Crippen molar-refractivity contribution in [3.63, 3.8) is 0 Å². The van der Waals surface area contributed by atoms with Gasteiger partial charge in [0.15, 0.2) is 6.29 Å². The maximum Gasteiger partial charge on any atom is 0.150 e. The molecule has 1 aliphatic rings. The molecular formula is C32H51N3O3. The van der Waals surface area contributed by atoms with Crippen molar-refractivity contribution in [3.8, 4) is 5.75 Å². The van der Waals surface area contributed by atoms with Crippen molar-refractivity contribution in [2.24, 2.45) is 11.5 Å². The van der Waals surface area contributed by atoms with E-state index < -0.39 is 0 Å². The number of ether oxygens (including phenoxy) is 2. The molecule has 6 heteroatoms. The summed E-state index contributed by atoms with van der Waals surface area (Å²) >= 11 is 0. The zero-order valence-electron chi connectivity index (χ0n) is 24.9. The van der Waals surface area contributed by atoms with Crippen molar-refractivity contribution in [1.82, 2.24) is 5.32 Å². The minimum Gasteiger partial charge on any atom is -0.496 e. The molecule has 1 saturated carbocycles. The Labute approximate surface area is 231 Å². The van der Waals surface area contributed by atoms with Gasteiger partial charge in [0.2, 0.25) is 0 Å². The minimum atomic E-state index is -0.0441. The second kappa shape index (κ2) is 19.9. The van der Waals surface area contributed by atoms with Gasteiger partial charge in [0.25, 0.3) is 0 Å². The average Bonchev–Trinajstić information content (AvgIpc) is 3.70. The van der Waals surface area contributed by atoms with Crippen LogP contribution in [0.15, 0.2) is 71.8 Å². The Bertz CT molecular complexity index is 1040. The van der Waals surface area contributed by atoms with E-state index in [-0.39, 0.29) is 5.54 Å². The number of benzene rings is 2. The summed E-state index contributed by atoms with van der Waals surface area (Å²) in [4.78, 5) is 10.8. The van der Waals surface area contributed by atoms with E-state index in [1.54, 1.807) is 6.26 Å². The minimum absolute atomic E-state index is 0.0441. The molecule has 0 aliphatic heterocycles. The average molecular weight is 526 g/mol. The first-order valence-electron chi connectivity index (χ1n) is 13.6. The molecule has 1 fully saturated rings. The maximum atomic E-state index is 10.8. The Morgan fingerprint density at radius 3 is 2.24 bits per heavy atom. The van der Waals surface area contributed by atoms with Crippen LogP contribution >= 0.6 is 0 Å². The summed E-state index contributed by atoms with van der Waals surface area (Å²) < 4.78 is 11.2. The summed E-state index contributed by atoms with van der Waals surface area (Å²) in [5.74, 6) is 1.78. The number of likely N-dealkylation sites (N-methyl/N-ethyl adjacent to an activating group) is 1. The van der Waals surface area contributed by atoms with Gasteiger partial charge in [-0.05, 0) is 75.2 Å². The molecule has 0 aromatic heterocycles. The monoisotopic (exact) mass is 525 g/mol. The van der Waals surface area contributed by atoms with Gasteiger partial charge in [-0.3, -0.25) is 4.79 Å². The summed E-state index contributed by atoms with van der Waals surface area (Å²) in [6.07, 6.45) is 11.8. The second-order valence-corrected chi connectivity index (χ2v) is 9.06. The zero-order valence-corrected chi connectivity index (χ0v) is 24.9. The molecule has 2 aromatic rings. The van der Waals surface area contributed by atoms with E-state index in [1.165, 1.54) is 19.0 Å². The maximum absolute atomic E-state index is 10.8. The third kappa shape index (κ3) is 12.9. The fraction of sp³-hybridized carbons (Fsp3) is 0.469. The Morgan fingerprint density at radius 1 is 1.08 bits per heavy atom. The second-order valence-electron chi connectivity index (χ2n) is 9.06. The van der Waals surface area contributed by atoms with Gasteiger partial charge in [-0.15, -0.1) is 0 Å². The standard InChI is InChI=1S/C14H26N2O.C14H12O2.C3H8.CH5N/c1-5-11(3)13(16-4)9-12(6-2)17-10-14(15)7-8-14;1-2-8-16-13-6-7-14-11(9-13)4-3-5-12(14)10-15;1-3-2;1-2/h9,16H,5-8,10,15H2,1-4H3;2-10H,1H3;3H2,1-2H3;2H2,1H3/b12-9+,13-11+;8-2+;;. The van der Waals surface area contributed by atoms with Gasteiger partial charge in [0.05, 0.1) is 17.6 Å². The number of carbonyl (C=O) groups is 1. The van der Waals surface area contributed by atoms with Crippen molar-refractivity contribution in [2.45, 2.75) is 79.2 Å². The lowest BCUT2D eigenvalue weighted by molar-refractivity contribution is 0.112. The van der Waals surface area contributed by atoms with E-state index in [0.29, 0.717) is 12.2 Å². The first-order chi connectivity index (χ1) is 18.3. The first-order valence-corrected chi connectivity index (χ1v) is 13.6. The molecule has 5 N–H and O–H groups in total. The summed E-state index contributed by atoms with van der Waals surface area (Å²) in [5.41, 5.74) is 13.7. The van der Waals surface area contributed by atoms with Crippen LogP contribution in [0.5, 0.6) is 5.75 Å². The Morgan fingerprint density at radius 2 is 1.74 bits per heavy atom. The number of fused-ring (bicyclic) bond motifs is 1. The molecule has 38 heavy (non-hydrogen) atoms. The number of nitrogens with two attached hydrogens (primary N) is 2. The van der Waals surface area contributed by atoms with Crippen molar-refractivity contribution in [1.29, 1.82) is 0 Å². The lowest BCUT2D eigenvalue weighted by Crippen LogP contribution is -2.28. The summed E-state index contributed by atoms with van der Waals surface area (Å²) in [6.45, 7) is 13.2. The highest BCUT2D eigenvalue weighted by Gasteiger charge is 2.39. The molecule has 0 amide bonds. The lowest BCUT2D eigenvalue weighted by Gasteiger charge is -2.15. The van der Waals surface area contributed by atoms with Crippen LogP contribution in [-0.4, -0.2) is 32.5 Å². The molecule has 0 atom stereocenters. The van der Waals surface area contributed by atoms with Gasteiger partial charge < -0.3 is 26.3 Å². The number of hydrogen-bond acceptors (Lipinski definition) is 6. The Hall–Kier alpha value is -3.09. The van der Waals surface area contributed by atoms with Gasteiger partial charge in [-0.1, -0.05) is 64.0 Å². The molecule has 1 aliphatic carbocycles. The fourth-order valence-corrected chi connectivity index (χ4v) is 3.16. The number of nitrogens with one attached hydrogen (secondary N) is 1. The van der Waals surface area contributed by atoms with Gasteiger partial charge in [0.1, 0.15) is 12.4 Å². The summed E-state index contributed by atoms with van der Waals surface area (Å²) in [6, 6.07) is 11.3. The highest BCUT2D eigenvalue weighted by molar-refractivity contribution is 5.98. The van der Waals surface area contributed by atoms with Crippen molar-refractivity contribution >= 4 is 17.1 Å². The lowest BCUT2D eigenvalue weighted by atomic mass is 10.1. The summed E-state index contributed by atoms with van der Waals surface area (Å²) in [5, 5.41) is 5.18. The predicted octanol–water partition coefficient (Wildman–Crippen LogP) is 7.25.